The number of nitrogens with zero attached hydrogens (tertiary/aromatic N) is 3. The minimum Gasteiger partial charge on any atom is -0.378 e. The number of aryl methyl sites for hydroxylation is 2. The maximum atomic E-state index is 4.32. The number of hydrogen-bond acceptors (Lipinski definition) is 4. The van der Waals surface area contributed by atoms with Crippen LogP contribution < -0.4 is 5.32 Å². The summed E-state index contributed by atoms with van der Waals surface area (Å²) in [6.45, 7) is 4.57. The maximum Gasteiger partial charge on any atom is 0.125 e. The van der Waals surface area contributed by atoms with Crippen LogP contribution in [0.3, 0.4) is 0 Å². The van der Waals surface area contributed by atoms with Crippen LogP contribution in [0.4, 0.5) is 5.69 Å². The van der Waals surface area contributed by atoms with Crippen molar-refractivity contribution in [1.29, 1.82) is 0 Å². The SMILES string of the molecule is Cc1nccc(CNc2cnc(Br)c(C)c2)n1. The van der Waals surface area contributed by atoms with Gasteiger partial charge >= 0.3 is 0 Å². The number of rotatable bonds is 3. The quantitative estimate of drug-likeness (QED) is 0.884. The summed E-state index contributed by atoms with van der Waals surface area (Å²) < 4.78 is 0.876. The minimum absolute atomic E-state index is 0.673. The van der Waals surface area contributed by atoms with Crippen LogP contribution in [-0.2, 0) is 6.54 Å². The number of aromatic nitrogens is 3. The second kappa shape index (κ2) is 5.23. The van der Waals surface area contributed by atoms with Crippen LogP contribution >= 0.6 is 15.9 Å². The molecule has 0 spiro atoms. The van der Waals surface area contributed by atoms with Gasteiger partial charge in [0, 0.05) is 6.20 Å². The molecular formula is C12H13BrN4. The molecule has 2 aromatic heterocycles. The van der Waals surface area contributed by atoms with Crippen LogP contribution in [0.5, 0.6) is 0 Å². The van der Waals surface area contributed by atoms with Crippen LogP contribution in [0.25, 0.3) is 0 Å². The molecule has 0 saturated carbocycles. The molecule has 0 atom stereocenters. The molecule has 88 valence electrons. The molecule has 0 fully saturated rings. The molecule has 2 heterocycles. The maximum absolute atomic E-state index is 4.32. The Bertz CT molecular complexity index is 528. The van der Waals surface area contributed by atoms with Crippen LogP contribution in [-0.4, -0.2) is 15.0 Å². The number of nitrogens with one attached hydrogen (secondary N) is 1. The van der Waals surface area contributed by atoms with E-state index in [2.05, 4.69) is 36.2 Å². The summed E-state index contributed by atoms with van der Waals surface area (Å²) in [6.07, 6.45) is 3.57. The van der Waals surface area contributed by atoms with Crippen molar-refractivity contribution in [3.8, 4) is 0 Å². The Morgan fingerprint density at radius 3 is 2.82 bits per heavy atom. The zero-order valence-electron chi connectivity index (χ0n) is 9.74. The van der Waals surface area contributed by atoms with Crippen LogP contribution in [0, 0.1) is 13.8 Å². The molecule has 17 heavy (non-hydrogen) atoms. The largest absolute Gasteiger partial charge is 0.378 e. The highest BCUT2D eigenvalue weighted by Crippen LogP contribution is 2.17. The molecule has 1 N–H and O–H groups in total. The van der Waals surface area contributed by atoms with Crippen molar-refractivity contribution >= 4 is 21.6 Å². The summed E-state index contributed by atoms with van der Waals surface area (Å²) in [5.74, 6) is 0.786. The van der Waals surface area contributed by atoms with Gasteiger partial charge in [-0.1, -0.05) is 0 Å². The zero-order valence-corrected chi connectivity index (χ0v) is 11.3. The van der Waals surface area contributed by atoms with Gasteiger partial charge in [0.15, 0.2) is 0 Å². The second-order valence-electron chi connectivity index (χ2n) is 3.78. The van der Waals surface area contributed by atoms with Crippen LogP contribution in [0.1, 0.15) is 17.1 Å². The molecule has 4 nitrogen and oxygen atoms in total. The number of halogens is 1. The third kappa shape index (κ3) is 3.23. The Hall–Kier alpha value is -1.49. The van der Waals surface area contributed by atoms with Crippen molar-refractivity contribution in [1.82, 2.24) is 15.0 Å². The molecule has 0 aliphatic carbocycles. The average molecular weight is 293 g/mol. The fourth-order valence-corrected chi connectivity index (χ4v) is 1.67. The number of anilines is 1. The summed E-state index contributed by atoms with van der Waals surface area (Å²) in [5, 5.41) is 3.28. The predicted octanol–water partition coefficient (Wildman–Crippen LogP) is 2.86. The molecule has 2 aromatic rings. The summed E-state index contributed by atoms with van der Waals surface area (Å²) in [4.78, 5) is 12.6. The predicted molar refractivity (Wildman–Crippen MR) is 70.8 cm³/mol. The number of hydrogen-bond donors (Lipinski definition) is 1. The lowest BCUT2D eigenvalue weighted by Crippen LogP contribution is -2.03. The Balaban J connectivity index is 2.05. The van der Waals surface area contributed by atoms with Crippen molar-refractivity contribution in [2.75, 3.05) is 5.32 Å². The molecule has 0 saturated heterocycles. The third-order valence-corrected chi connectivity index (χ3v) is 3.15. The first-order chi connectivity index (χ1) is 8.15. The van der Waals surface area contributed by atoms with Gasteiger partial charge in [0.25, 0.3) is 0 Å². The zero-order chi connectivity index (χ0) is 12.3. The second-order valence-corrected chi connectivity index (χ2v) is 4.53. The van der Waals surface area contributed by atoms with Gasteiger partial charge in [-0.15, -0.1) is 0 Å². The highest BCUT2D eigenvalue weighted by molar-refractivity contribution is 9.10. The van der Waals surface area contributed by atoms with E-state index in [9.17, 15) is 0 Å². The molecule has 5 heteroatoms. The highest BCUT2D eigenvalue weighted by Gasteiger charge is 2.00. The summed E-state index contributed by atoms with van der Waals surface area (Å²) in [6, 6.07) is 3.95. The van der Waals surface area contributed by atoms with Gasteiger partial charge in [-0.3, -0.25) is 0 Å². The van der Waals surface area contributed by atoms with E-state index in [0.717, 1.165) is 27.4 Å². The van der Waals surface area contributed by atoms with Crippen molar-refractivity contribution in [2.24, 2.45) is 0 Å². The Kier molecular flexibility index (Phi) is 3.68. The van der Waals surface area contributed by atoms with Gasteiger partial charge in [-0.05, 0) is 47.5 Å². The van der Waals surface area contributed by atoms with E-state index in [0.29, 0.717) is 6.54 Å². The first-order valence-corrected chi connectivity index (χ1v) is 6.09. The Labute approximate surface area is 109 Å². The monoisotopic (exact) mass is 292 g/mol. The van der Waals surface area contributed by atoms with Gasteiger partial charge in [-0.25, -0.2) is 15.0 Å². The smallest absolute Gasteiger partial charge is 0.125 e. The van der Waals surface area contributed by atoms with Crippen molar-refractivity contribution < 1.29 is 0 Å². The molecule has 0 bridgehead atoms. The minimum atomic E-state index is 0.673. The van der Waals surface area contributed by atoms with E-state index >= 15 is 0 Å². The summed E-state index contributed by atoms with van der Waals surface area (Å²) in [5.41, 5.74) is 3.06. The molecule has 0 aliphatic heterocycles. The van der Waals surface area contributed by atoms with Gasteiger partial charge in [0.1, 0.15) is 10.4 Å². The molecule has 2 rings (SSSR count). The average Bonchev–Trinajstić information content (AvgIpc) is 2.31. The number of pyridine rings is 1. The van der Waals surface area contributed by atoms with E-state index in [1.54, 1.807) is 12.4 Å². The Morgan fingerprint density at radius 2 is 2.12 bits per heavy atom. The first-order valence-electron chi connectivity index (χ1n) is 5.29. The summed E-state index contributed by atoms with van der Waals surface area (Å²) in [7, 11) is 0. The lowest BCUT2D eigenvalue weighted by Gasteiger charge is -2.07. The van der Waals surface area contributed by atoms with E-state index in [-0.39, 0.29) is 0 Å². The van der Waals surface area contributed by atoms with E-state index in [1.807, 2.05) is 26.0 Å². The first kappa shape index (κ1) is 12.0. The molecule has 0 unspecified atom stereocenters. The van der Waals surface area contributed by atoms with Gasteiger partial charge in [0.05, 0.1) is 24.1 Å². The van der Waals surface area contributed by atoms with Crippen molar-refractivity contribution in [2.45, 2.75) is 20.4 Å². The molecular weight excluding hydrogens is 280 g/mol. The summed E-state index contributed by atoms with van der Waals surface area (Å²) >= 11 is 3.38. The van der Waals surface area contributed by atoms with E-state index in [1.165, 1.54) is 0 Å². The molecule has 0 aliphatic rings. The fourth-order valence-electron chi connectivity index (χ4n) is 1.45. The van der Waals surface area contributed by atoms with Crippen LogP contribution in [0.2, 0.25) is 0 Å². The van der Waals surface area contributed by atoms with Crippen LogP contribution in [0.15, 0.2) is 29.1 Å². The highest BCUT2D eigenvalue weighted by atomic mass is 79.9. The van der Waals surface area contributed by atoms with Gasteiger partial charge < -0.3 is 5.32 Å². The van der Waals surface area contributed by atoms with E-state index < -0.39 is 0 Å². The molecule has 0 radical (unpaired) electrons. The lowest BCUT2D eigenvalue weighted by atomic mass is 10.3. The normalized spacial score (nSPS) is 10.3. The van der Waals surface area contributed by atoms with Gasteiger partial charge in [0.2, 0.25) is 0 Å². The standard InChI is InChI=1S/C12H13BrN4/c1-8-5-11(7-16-12(8)13)15-6-10-3-4-14-9(2)17-10/h3-5,7,15H,6H2,1-2H3. The van der Waals surface area contributed by atoms with E-state index in [4.69, 9.17) is 0 Å². The molecule has 0 amide bonds. The fraction of sp³-hybridized carbons (Fsp3) is 0.250. The molecule has 0 aromatic carbocycles. The topological polar surface area (TPSA) is 50.7 Å². The van der Waals surface area contributed by atoms with Crippen molar-refractivity contribution in [3.63, 3.8) is 0 Å². The third-order valence-electron chi connectivity index (χ3n) is 2.32. The lowest BCUT2D eigenvalue weighted by molar-refractivity contribution is 0.953. The van der Waals surface area contributed by atoms with Crippen molar-refractivity contribution in [3.05, 3.63) is 46.2 Å². The van der Waals surface area contributed by atoms with Gasteiger partial charge in [-0.2, -0.15) is 0 Å². The Morgan fingerprint density at radius 1 is 1.29 bits per heavy atom.